The molecule has 1 N–H and O–H groups in total. The van der Waals surface area contributed by atoms with E-state index in [0.29, 0.717) is 24.3 Å². The molecule has 1 aliphatic rings. The van der Waals surface area contributed by atoms with Gasteiger partial charge in [0.15, 0.2) is 6.10 Å². The Kier molecular flexibility index (Phi) is 3.68. The van der Waals surface area contributed by atoms with E-state index in [1.807, 2.05) is 6.08 Å². The maximum absolute atomic E-state index is 11.1. The van der Waals surface area contributed by atoms with Crippen LogP contribution in [0, 0.1) is 5.41 Å². The normalized spacial score (nSPS) is 21.4. The number of hydrogen-bond acceptors (Lipinski definition) is 4. The van der Waals surface area contributed by atoms with Crippen LogP contribution in [0.1, 0.15) is 26.2 Å². The molecule has 0 aliphatic heterocycles. The Morgan fingerprint density at radius 3 is 3.00 bits per heavy atom. The molecule has 0 radical (unpaired) electrons. The quantitative estimate of drug-likeness (QED) is 0.700. The van der Waals surface area contributed by atoms with Crippen LogP contribution in [-0.4, -0.2) is 24.9 Å². The molecule has 0 saturated carbocycles. The lowest BCUT2D eigenvalue weighted by molar-refractivity contribution is -0.145. The van der Waals surface area contributed by atoms with Crippen LogP contribution in [0.4, 0.5) is 0 Å². The van der Waals surface area contributed by atoms with Crippen LogP contribution in [0.15, 0.2) is 11.8 Å². The van der Waals surface area contributed by atoms with Gasteiger partial charge in [0.2, 0.25) is 0 Å². The van der Waals surface area contributed by atoms with Gasteiger partial charge in [0.25, 0.3) is 0 Å². The fourth-order valence-corrected chi connectivity index (χ4v) is 1.31. The van der Waals surface area contributed by atoms with Crippen molar-refractivity contribution in [2.75, 3.05) is 7.11 Å². The van der Waals surface area contributed by atoms with Crippen molar-refractivity contribution in [2.45, 2.75) is 32.3 Å². The summed E-state index contributed by atoms with van der Waals surface area (Å²) in [4.78, 5) is 11.1. The van der Waals surface area contributed by atoms with Gasteiger partial charge in [0.05, 0.1) is 12.8 Å². The molecule has 4 heteroatoms. The number of carbonyl (C=O) groups excluding carboxylic acids is 1. The van der Waals surface area contributed by atoms with E-state index in [1.54, 1.807) is 6.92 Å². The van der Waals surface area contributed by atoms with Gasteiger partial charge >= 0.3 is 5.97 Å². The predicted octanol–water partition coefficient (Wildman–Crippen LogP) is 1.65. The molecule has 0 aromatic rings. The summed E-state index contributed by atoms with van der Waals surface area (Å²) in [6.45, 7) is 1.73. The van der Waals surface area contributed by atoms with Crippen LogP contribution in [0.5, 0.6) is 0 Å². The molecule has 0 saturated heterocycles. The SMILES string of the molecule is CCC(=O)OC1C(=N)CCC=C1OC. The van der Waals surface area contributed by atoms with Gasteiger partial charge < -0.3 is 14.9 Å². The highest BCUT2D eigenvalue weighted by Crippen LogP contribution is 2.19. The maximum Gasteiger partial charge on any atom is 0.306 e. The molecule has 1 rings (SSSR count). The van der Waals surface area contributed by atoms with Gasteiger partial charge in [-0.05, 0) is 18.9 Å². The second-order valence-electron chi connectivity index (χ2n) is 3.10. The van der Waals surface area contributed by atoms with Gasteiger partial charge in [0, 0.05) is 6.42 Å². The molecule has 1 unspecified atom stereocenters. The smallest absolute Gasteiger partial charge is 0.306 e. The molecule has 0 fully saturated rings. The standard InChI is InChI=1S/C10H15NO3/c1-3-9(12)14-10-7(11)5-4-6-8(10)13-2/h6,10-11H,3-5H2,1-2H3. The van der Waals surface area contributed by atoms with Crippen molar-refractivity contribution >= 4 is 11.7 Å². The third-order valence-electron chi connectivity index (χ3n) is 2.11. The van der Waals surface area contributed by atoms with Crippen molar-refractivity contribution in [3.8, 4) is 0 Å². The molecular weight excluding hydrogens is 182 g/mol. The van der Waals surface area contributed by atoms with Crippen LogP contribution in [0.3, 0.4) is 0 Å². The zero-order valence-corrected chi connectivity index (χ0v) is 8.50. The Hall–Kier alpha value is -1.32. The van der Waals surface area contributed by atoms with E-state index < -0.39 is 6.10 Å². The minimum Gasteiger partial charge on any atom is -0.497 e. The number of rotatable bonds is 3. The molecule has 14 heavy (non-hydrogen) atoms. The van der Waals surface area contributed by atoms with E-state index in [-0.39, 0.29) is 5.97 Å². The summed E-state index contributed by atoms with van der Waals surface area (Å²) in [5.41, 5.74) is 0.408. The van der Waals surface area contributed by atoms with Gasteiger partial charge in [-0.15, -0.1) is 0 Å². The second-order valence-corrected chi connectivity index (χ2v) is 3.10. The van der Waals surface area contributed by atoms with Crippen molar-refractivity contribution in [2.24, 2.45) is 0 Å². The summed E-state index contributed by atoms with van der Waals surface area (Å²) in [5, 5.41) is 7.65. The van der Waals surface area contributed by atoms with E-state index in [4.69, 9.17) is 14.9 Å². The fourth-order valence-electron chi connectivity index (χ4n) is 1.31. The highest BCUT2D eigenvalue weighted by molar-refractivity contribution is 5.91. The third kappa shape index (κ3) is 2.34. The molecule has 78 valence electrons. The van der Waals surface area contributed by atoms with Crippen molar-refractivity contribution < 1.29 is 14.3 Å². The highest BCUT2D eigenvalue weighted by atomic mass is 16.6. The van der Waals surface area contributed by atoms with Gasteiger partial charge in [-0.25, -0.2) is 0 Å². The van der Waals surface area contributed by atoms with E-state index in [1.165, 1.54) is 7.11 Å². The molecule has 1 aliphatic carbocycles. The first-order valence-electron chi connectivity index (χ1n) is 4.69. The molecule has 0 spiro atoms. The Labute approximate surface area is 83.4 Å². The predicted molar refractivity (Wildman–Crippen MR) is 52.2 cm³/mol. The van der Waals surface area contributed by atoms with E-state index in [0.717, 1.165) is 6.42 Å². The van der Waals surface area contributed by atoms with Crippen molar-refractivity contribution in [3.05, 3.63) is 11.8 Å². The lowest BCUT2D eigenvalue weighted by atomic mass is 10.0. The summed E-state index contributed by atoms with van der Waals surface area (Å²) in [6.07, 6.45) is 3.00. The molecule has 4 nitrogen and oxygen atoms in total. The number of hydrogen-bond donors (Lipinski definition) is 1. The molecule has 0 aromatic carbocycles. The molecule has 0 aromatic heterocycles. The van der Waals surface area contributed by atoms with Crippen LogP contribution in [0.25, 0.3) is 0 Å². The van der Waals surface area contributed by atoms with Crippen molar-refractivity contribution in [1.82, 2.24) is 0 Å². The Morgan fingerprint density at radius 1 is 1.71 bits per heavy atom. The third-order valence-corrected chi connectivity index (χ3v) is 2.11. The number of esters is 1. The Balaban J connectivity index is 2.71. The van der Waals surface area contributed by atoms with Crippen molar-refractivity contribution in [3.63, 3.8) is 0 Å². The van der Waals surface area contributed by atoms with Crippen LogP contribution in [-0.2, 0) is 14.3 Å². The topological polar surface area (TPSA) is 59.4 Å². The Bertz CT molecular complexity index is 271. The fraction of sp³-hybridized carbons (Fsp3) is 0.600. The number of allylic oxidation sites excluding steroid dienone is 1. The zero-order chi connectivity index (χ0) is 10.6. The monoisotopic (exact) mass is 197 g/mol. The van der Waals surface area contributed by atoms with Crippen LogP contribution < -0.4 is 0 Å². The average molecular weight is 197 g/mol. The van der Waals surface area contributed by atoms with E-state index >= 15 is 0 Å². The Morgan fingerprint density at radius 2 is 2.43 bits per heavy atom. The number of carbonyl (C=O) groups is 1. The lowest BCUT2D eigenvalue weighted by Gasteiger charge is -2.23. The van der Waals surface area contributed by atoms with Gasteiger partial charge in [-0.2, -0.15) is 0 Å². The molecule has 1 atom stereocenters. The molecule has 0 bridgehead atoms. The van der Waals surface area contributed by atoms with Gasteiger partial charge in [0.1, 0.15) is 5.76 Å². The first-order valence-corrected chi connectivity index (χ1v) is 4.69. The number of methoxy groups -OCH3 is 1. The maximum atomic E-state index is 11.1. The average Bonchev–Trinajstić information content (AvgIpc) is 2.20. The largest absolute Gasteiger partial charge is 0.497 e. The summed E-state index contributed by atoms with van der Waals surface area (Å²) < 4.78 is 10.2. The van der Waals surface area contributed by atoms with E-state index in [2.05, 4.69) is 0 Å². The molecule has 0 heterocycles. The van der Waals surface area contributed by atoms with Crippen molar-refractivity contribution in [1.29, 1.82) is 5.41 Å². The molecular formula is C10H15NO3. The summed E-state index contributed by atoms with van der Waals surface area (Å²) >= 11 is 0. The van der Waals surface area contributed by atoms with E-state index in [9.17, 15) is 4.79 Å². The highest BCUT2D eigenvalue weighted by Gasteiger charge is 2.26. The second kappa shape index (κ2) is 4.79. The van der Waals surface area contributed by atoms with Gasteiger partial charge in [-0.1, -0.05) is 6.92 Å². The number of nitrogens with one attached hydrogen (secondary N) is 1. The minimum atomic E-state index is -0.596. The minimum absolute atomic E-state index is 0.301. The van der Waals surface area contributed by atoms with Gasteiger partial charge in [-0.3, -0.25) is 4.79 Å². The van der Waals surface area contributed by atoms with Crippen LogP contribution >= 0.6 is 0 Å². The lowest BCUT2D eigenvalue weighted by Crippen LogP contribution is -2.31. The summed E-state index contributed by atoms with van der Waals surface area (Å²) in [6, 6.07) is 0. The first-order chi connectivity index (χ1) is 6.69. The zero-order valence-electron chi connectivity index (χ0n) is 8.50. The summed E-state index contributed by atoms with van der Waals surface area (Å²) in [5.74, 6) is 0.271. The van der Waals surface area contributed by atoms with Crippen LogP contribution in [0.2, 0.25) is 0 Å². The summed E-state index contributed by atoms with van der Waals surface area (Å²) in [7, 11) is 1.53. The number of ether oxygens (including phenoxy) is 2. The first kappa shape index (κ1) is 10.8. The molecule has 0 amide bonds.